The number of alkyl halides is 2. The van der Waals surface area contributed by atoms with E-state index in [1.807, 2.05) is 0 Å². The van der Waals surface area contributed by atoms with Gasteiger partial charge in [-0.1, -0.05) is 23.7 Å². The quantitative estimate of drug-likeness (QED) is 0.873. The molecule has 17 heavy (non-hydrogen) atoms. The van der Waals surface area contributed by atoms with Crippen LogP contribution in [0.3, 0.4) is 0 Å². The van der Waals surface area contributed by atoms with E-state index in [2.05, 4.69) is 5.32 Å². The summed E-state index contributed by atoms with van der Waals surface area (Å²) in [6, 6.07) is 6.82. The number of benzene rings is 1. The molecule has 1 N–H and O–H groups in total. The van der Waals surface area contributed by atoms with Crippen molar-refractivity contribution in [3.8, 4) is 0 Å². The van der Waals surface area contributed by atoms with Gasteiger partial charge in [0.2, 0.25) is 6.43 Å². The molecule has 0 saturated carbocycles. The predicted octanol–water partition coefficient (Wildman–Crippen LogP) is 3.69. The lowest BCUT2D eigenvalue weighted by Gasteiger charge is -2.30. The van der Waals surface area contributed by atoms with E-state index >= 15 is 0 Å². The van der Waals surface area contributed by atoms with Gasteiger partial charge in [-0.25, -0.2) is 8.78 Å². The first kappa shape index (κ1) is 12.8. The topological polar surface area (TPSA) is 12.0 Å². The van der Waals surface area contributed by atoms with Crippen LogP contribution in [0.1, 0.15) is 24.3 Å². The molecule has 1 saturated heterocycles. The van der Waals surface area contributed by atoms with Crippen molar-refractivity contribution in [3.05, 3.63) is 34.9 Å². The predicted molar refractivity (Wildman–Crippen MR) is 65.8 cm³/mol. The molecule has 0 aliphatic carbocycles. The van der Waals surface area contributed by atoms with E-state index in [4.69, 9.17) is 11.6 Å². The van der Waals surface area contributed by atoms with Crippen molar-refractivity contribution in [2.45, 2.75) is 25.2 Å². The molecule has 1 unspecified atom stereocenters. The molecule has 1 atom stereocenters. The number of rotatable bonds is 3. The molecule has 0 bridgehead atoms. The molecule has 0 amide bonds. The number of hydrogen-bond donors (Lipinski definition) is 1. The van der Waals surface area contributed by atoms with E-state index in [0.717, 1.165) is 25.9 Å². The standard InChI is InChI=1S/C13H16ClF2N/c14-11-3-1-9(2-4-11)12(13(15)16)10-5-7-17-8-6-10/h1-4,10,12-13,17H,5-8H2. The summed E-state index contributed by atoms with van der Waals surface area (Å²) in [4.78, 5) is 0. The number of halogens is 3. The minimum atomic E-state index is -2.31. The normalized spacial score (nSPS) is 19.5. The van der Waals surface area contributed by atoms with Crippen molar-refractivity contribution >= 4 is 11.6 Å². The van der Waals surface area contributed by atoms with Crippen molar-refractivity contribution in [1.29, 1.82) is 0 Å². The molecule has 2 rings (SSSR count). The van der Waals surface area contributed by atoms with Crippen LogP contribution < -0.4 is 5.32 Å². The van der Waals surface area contributed by atoms with Gasteiger partial charge in [0.15, 0.2) is 0 Å². The highest BCUT2D eigenvalue weighted by Crippen LogP contribution is 2.36. The lowest BCUT2D eigenvalue weighted by Crippen LogP contribution is -2.33. The third-order valence-corrected chi connectivity index (χ3v) is 3.67. The first-order valence-electron chi connectivity index (χ1n) is 5.93. The molecule has 0 spiro atoms. The Bertz CT molecular complexity index is 347. The van der Waals surface area contributed by atoms with Crippen LogP contribution in [0.25, 0.3) is 0 Å². The molecular weight excluding hydrogens is 244 g/mol. The van der Waals surface area contributed by atoms with Gasteiger partial charge in [0.05, 0.1) is 0 Å². The second kappa shape index (κ2) is 5.78. The van der Waals surface area contributed by atoms with Crippen LogP contribution >= 0.6 is 11.6 Å². The first-order valence-corrected chi connectivity index (χ1v) is 6.30. The second-order valence-electron chi connectivity index (χ2n) is 4.50. The van der Waals surface area contributed by atoms with Gasteiger partial charge in [-0.05, 0) is 49.5 Å². The van der Waals surface area contributed by atoms with Crippen LogP contribution in [-0.4, -0.2) is 19.5 Å². The molecule has 4 heteroatoms. The minimum absolute atomic E-state index is 0.0671. The summed E-state index contributed by atoms with van der Waals surface area (Å²) in [5, 5.41) is 3.79. The fourth-order valence-electron chi connectivity index (χ4n) is 2.51. The summed E-state index contributed by atoms with van der Waals surface area (Å²) in [6.07, 6.45) is -0.672. The molecule has 1 nitrogen and oxygen atoms in total. The van der Waals surface area contributed by atoms with Crippen molar-refractivity contribution in [1.82, 2.24) is 5.32 Å². The molecular formula is C13H16ClF2N. The first-order chi connectivity index (χ1) is 8.18. The Morgan fingerprint density at radius 3 is 2.24 bits per heavy atom. The molecule has 1 heterocycles. The number of nitrogens with one attached hydrogen (secondary N) is 1. The second-order valence-corrected chi connectivity index (χ2v) is 4.94. The van der Waals surface area contributed by atoms with Crippen LogP contribution in [0.4, 0.5) is 8.78 Å². The van der Waals surface area contributed by atoms with Gasteiger partial charge in [0.25, 0.3) is 0 Å². The van der Waals surface area contributed by atoms with Crippen LogP contribution in [0.15, 0.2) is 24.3 Å². The Kier molecular flexibility index (Phi) is 4.35. The zero-order valence-corrected chi connectivity index (χ0v) is 10.3. The van der Waals surface area contributed by atoms with E-state index in [1.165, 1.54) is 0 Å². The Hall–Kier alpha value is -0.670. The summed E-state index contributed by atoms with van der Waals surface area (Å²) in [7, 11) is 0. The smallest absolute Gasteiger partial charge is 0.245 e. The van der Waals surface area contributed by atoms with E-state index < -0.39 is 12.3 Å². The van der Waals surface area contributed by atoms with Gasteiger partial charge < -0.3 is 5.32 Å². The third-order valence-electron chi connectivity index (χ3n) is 3.42. The highest BCUT2D eigenvalue weighted by atomic mass is 35.5. The van der Waals surface area contributed by atoms with Gasteiger partial charge in [-0.15, -0.1) is 0 Å². The highest BCUT2D eigenvalue weighted by Gasteiger charge is 2.31. The van der Waals surface area contributed by atoms with Crippen LogP contribution in [0, 0.1) is 5.92 Å². The molecule has 1 aromatic carbocycles. The average Bonchev–Trinajstić information content (AvgIpc) is 2.33. The summed E-state index contributed by atoms with van der Waals surface area (Å²) in [6.45, 7) is 1.67. The molecule has 1 aliphatic heterocycles. The number of hydrogen-bond acceptors (Lipinski definition) is 1. The summed E-state index contributed by atoms with van der Waals surface area (Å²) in [5.41, 5.74) is 0.705. The lowest BCUT2D eigenvalue weighted by atomic mass is 9.81. The van der Waals surface area contributed by atoms with Crippen molar-refractivity contribution in [2.24, 2.45) is 5.92 Å². The molecule has 1 fully saturated rings. The summed E-state index contributed by atoms with van der Waals surface area (Å²) < 4.78 is 26.4. The maximum Gasteiger partial charge on any atom is 0.245 e. The Balaban J connectivity index is 2.18. The van der Waals surface area contributed by atoms with Gasteiger partial charge in [0.1, 0.15) is 0 Å². The van der Waals surface area contributed by atoms with E-state index in [0.29, 0.717) is 10.6 Å². The monoisotopic (exact) mass is 259 g/mol. The van der Waals surface area contributed by atoms with Crippen LogP contribution in [0.2, 0.25) is 5.02 Å². The maximum absolute atomic E-state index is 13.2. The molecule has 1 aliphatic rings. The van der Waals surface area contributed by atoms with Gasteiger partial charge in [-0.2, -0.15) is 0 Å². The summed E-state index contributed by atoms with van der Waals surface area (Å²) >= 11 is 5.78. The molecule has 0 radical (unpaired) electrons. The summed E-state index contributed by atoms with van der Waals surface area (Å²) in [5.74, 6) is -0.591. The fourth-order valence-corrected chi connectivity index (χ4v) is 2.64. The minimum Gasteiger partial charge on any atom is -0.317 e. The molecule has 0 aromatic heterocycles. The van der Waals surface area contributed by atoms with Gasteiger partial charge in [-0.3, -0.25) is 0 Å². The lowest BCUT2D eigenvalue weighted by molar-refractivity contribution is 0.0764. The Morgan fingerprint density at radius 1 is 1.12 bits per heavy atom. The van der Waals surface area contributed by atoms with E-state index in [1.54, 1.807) is 24.3 Å². The molecule has 94 valence electrons. The Labute approximate surface area is 105 Å². The van der Waals surface area contributed by atoms with Gasteiger partial charge >= 0.3 is 0 Å². The van der Waals surface area contributed by atoms with E-state index in [9.17, 15) is 8.78 Å². The van der Waals surface area contributed by atoms with Crippen LogP contribution in [0.5, 0.6) is 0 Å². The zero-order valence-electron chi connectivity index (χ0n) is 9.50. The van der Waals surface area contributed by atoms with E-state index in [-0.39, 0.29) is 5.92 Å². The van der Waals surface area contributed by atoms with Crippen LogP contribution in [-0.2, 0) is 0 Å². The molecule has 1 aromatic rings. The van der Waals surface area contributed by atoms with Crippen molar-refractivity contribution in [3.63, 3.8) is 0 Å². The average molecular weight is 260 g/mol. The zero-order chi connectivity index (χ0) is 12.3. The maximum atomic E-state index is 13.2. The number of piperidine rings is 1. The van der Waals surface area contributed by atoms with Gasteiger partial charge in [0, 0.05) is 10.9 Å². The fraction of sp³-hybridized carbons (Fsp3) is 0.538. The SMILES string of the molecule is FC(F)C(c1ccc(Cl)cc1)C1CCNCC1. The third kappa shape index (κ3) is 3.17. The largest absolute Gasteiger partial charge is 0.317 e. The Morgan fingerprint density at radius 2 is 1.71 bits per heavy atom. The van der Waals surface area contributed by atoms with Crippen molar-refractivity contribution in [2.75, 3.05) is 13.1 Å². The highest BCUT2D eigenvalue weighted by molar-refractivity contribution is 6.30. The van der Waals surface area contributed by atoms with Crippen molar-refractivity contribution < 1.29 is 8.78 Å².